The van der Waals surface area contributed by atoms with Crippen molar-refractivity contribution in [2.24, 2.45) is 0 Å². The average molecular weight is 425 g/mol. The molecule has 0 saturated carbocycles. The highest BCUT2D eigenvalue weighted by Gasteiger charge is 2.17. The molecule has 0 aromatic heterocycles. The molecule has 0 saturated heterocycles. The molecule has 0 aliphatic carbocycles. The zero-order valence-corrected chi connectivity index (χ0v) is 18.5. The Hall–Kier alpha value is -2.55. The first-order chi connectivity index (χ1) is 15.0. The Morgan fingerprint density at radius 3 is 1.94 bits per heavy atom. The maximum atomic E-state index is 15.0. The van der Waals surface area contributed by atoms with E-state index in [9.17, 15) is 8.78 Å². The number of benzene rings is 3. The Morgan fingerprint density at radius 1 is 0.677 bits per heavy atom. The molecule has 0 radical (unpaired) electrons. The summed E-state index contributed by atoms with van der Waals surface area (Å²) in [6.45, 7) is 4.30. The quantitative estimate of drug-likeness (QED) is 0.225. The Morgan fingerprint density at radius 2 is 1.29 bits per heavy atom. The lowest BCUT2D eigenvalue weighted by atomic mass is 9.99. The first kappa shape index (κ1) is 23.1. The van der Waals surface area contributed by atoms with Crippen LogP contribution in [0.25, 0.3) is 22.4 Å². The summed E-state index contributed by atoms with van der Waals surface area (Å²) in [4.78, 5) is 0. The van der Waals surface area contributed by atoms with Gasteiger partial charge in [-0.1, -0.05) is 88.1 Å². The molecular formula is C28H31F3. The van der Waals surface area contributed by atoms with Crippen LogP contribution in [0.4, 0.5) is 13.2 Å². The van der Waals surface area contributed by atoms with Crippen LogP contribution in [0.5, 0.6) is 0 Å². The van der Waals surface area contributed by atoms with Crippen molar-refractivity contribution in [3.63, 3.8) is 0 Å². The van der Waals surface area contributed by atoms with Crippen LogP contribution in [-0.4, -0.2) is 0 Å². The third kappa shape index (κ3) is 5.78. The lowest BCUT2D eigenvalue weighted by molar-refractivity contribution is 0.622. The summed E-state index contributed by atoms with van der Waals surface area (Å²) in [5.74, 6) is -2.92. The van der Waals surface area contributed by atoms with Gasteiger partial charge < -0.3 is 0 Å². The molecule has 3 aromatic rings. The zero-order valence-electron chi connectivity index (χ0n) is 18.5. The van der Waals surface area contributed by atoms with Crippen molar-refractivity contribution in [3.05, 3.63) is 82.7 Å². The predicted octanol–water partition coefficient (Wildman–Crippen LogP) is 9.21. The molecule has 164 valence electrons. The molecule has 0 atom stereocenters. The van der Waals surface area contributed by atoms with E-state index in [1.165, 1.54) is 6.07 Å². The van der Waals surface area contributed by atoms with E-state index in [1.54, 1.807) is 24.3 Å². The molecule has 0 spiro atoms. The van der Waals surface area contributed by atoms with Gasteiger partial charge in [-0.2, -0.15) is 0 Å². The number of hydrogen-bond donors (Lipinski definition) is 0. The van der Waals surface area contributed by atoms with Crippen molar-refractivity contribution >= 4 is 22.4 Å². The van der Waals surface area contributed by atoms with Crippen molar-refractivity contribution in [1.29, 1.82) is 0 Å². The van der Waals surface area contributed by atoms with E-state index in [0.717, 1.165) is 62.5 Å². The minimum absolute atomic E-state index is 0.127. The molecule has 0 bridgehead atoms. The lowest BCUT2D eigenvalue weighted by Gasteiger charge is -2.09. The minimum Gasteiger partial charge on any atom is -0.206 e. The van der Waals surface area contributed by atoms with Gasteiger partial charge >= 0.3 is 0 Å². The third-order valence-electron chi connectivity index (χ3n) is 5.79. The predicted molar refractivity (Wildman–Crippen MR) is 126 cm³/mol. The monoisotopic (exact) mass is 424 g/mol. The number of halogens is 3. The van der Waals surface area contributed by atoms with Gasteiger partial charge in [0.15, 0.2) is 11.7 Å². The van der Waals surface area contributed by atoms with E-state index in [4.69, 9.17) is 0 Å². The number of aryl methyl sites for hydroxylation is 2. The number of fused-ring (bicyclic) bond motifs is 1. The smallest absolute Gasteiger partial charge is 0.169 e. The summed E-state index contributed by atoms with van der Waals surface area (Å²) < 4.78 is 44.7. The van der Waals surface area contributed by atoms with Crippen LogP contribution in [0, 0.1) is 5.82 Å². The Kier molecular flexibility index (Phi) is 8.34. The molecule has 0 aliphatic heterocycles. The summed E-state index contributed by atoms with van der Waals surface area (Å²) in [6.07, 6.45) is 8.59. The normalized spacial score (nSPS) is 12.3. The van der Waals surface area contributed by atoms with Crippen LogP contribution < -0.4 is 0 Å². The van der Waals surface area contributed by atoms with E-state index in [1.807, 2.05) is 24.3 Å². The van der Waals surface area contributed by atoms with Crippen molar-refractivity contribution < 1.29 is 13.2 Å². The van der Waals surface area contributed by atoms with Crippen LogP contribution in [0.3, 0.4) is 0 Å². The Bertz CT molecular complexity index is 1030. The van der Waals surface area contributed by atoms with Crippen LogP contribution in [0.1, 0.15) is 74.6 Å². The highest BCUT2D eigenvalue weighted by atomic mass is 19.2. The number of hydrogen-bond acceptors (Lipinski definition) is 0. The van der Waals surface area contributed by atoms with E-state index < -0.39 is 17.5 Å². The number of unbranched alkanes of at least 4 members (excludes halogenated alkanes) is 4. The van der Waals surface area contributed by atoms with E-state index in [-0.39, 0.29) is 11.1 Å². The van der Waals surface area contributed by atoms with Gasteiger partial charge in [-0.05, 0) is 48.3 Å². The first-order valence-corrected chi connectivity index (χ1v) is 11.4. The summed E-state index contributed by atoms with van der Waals surface area (Å²) in [5.41, 5.74) is 2.02. The SMILES string of the molecule is CCCCCc1ccc(C(F)=C(F)c2ccc3cc(CCCCC)ccc3c2F)cc1. The van der Waals surface area contributed by atoms with Gasteiger partial charge in [0.2, 0.25) is 0 Å². The summed E-state index contributed by atoms with van der Waals surface area (Å²) >= 11 is 0. The van der Waals surface area contributed by atoms with Crippen molar-refractivity contribution in [2.75, 3.05) is 0 Å². The van der Waals surface area contributed by atoms with E-state index in [0.29, 0.717) is 10.8 Å². The fourth-order valence-electron chi connectivity index (χ4n) is 3.89. The second kappa shape index (κ2) is 11.2. The molecule has 31 heavy (non-hydrogen) atoms. The minimum atomic E-state index is -1.16. The molecule has 0 aliphatic rings. The summed E-state index contributed by atoms with van der Waals surface area (Å²) in [7, 11) is 0. The summed E-state index contributed by atoms with van der Waals surface area (Å²) in [6, 6.07) is 15.2. The second-order valence-electron chi connectivity index (χ2n) is 8.22. The molecule has 3 rings (SSSR count). The molecule has 0 amide bonds. The van der Waals surface area contributed by atoms with E-state index >= 15 is 4.39 Å². The maximum Gasteiger partial charge on any atom is 0.169 e. The van der Waals surface area contributed by atoms with Gasteiger partial charge in [-0.15, -0.1) is 0 Å². The molecule has 3 heteroatoms. The highest BCUT2D eigenvalue weighted by Crippen LogP contribution is 2.33. The second-order valence-corrected chi connectivity index (χ2v) is 8.22. The molecular weight excluding hydrogens is 393 g/mol. The van der Waals surface area contributed by atoms with Crippen LogP contribution in [-0.2, 0) is 12.8 Å². The van der Waals surface area contributed by atoms with Crippen LogP contribution >= 0.6 is 0 Å². The van der Waals surface area contributed by atoms with E-state index in [2.05, 4.69) is 13.8 Å². The zero-order chi connectivity index (χ0) is 22.2. The summed E-state index contributed by atoms with van der Waals surface area (Å²) in [5, 5.41) is 1.02. The molecule has 0 nitrogen and oxygen atoms in total. The Labute approximate surface area is 183 Å². The average Bonchev–Trinajstić information content (AvgIpc) is 2.79. The van der Waals surface area contributed by atoms with Gasteiger partial charge in [0, 0.05) is 16.5 Å². The fraction of sp³-hybridized carbons (Fsp3) is 0.357. The van der Waals surface area contributed by atoms with Crippen molar-refractivity contribution in [3.8, 4) is 0 Å². The van der Waals surface area contributed by atoms with Gasteiger partial charge in [0.05, 0.1) is 0 Å². The van der Waals surface area contributed by atoms with Crippen LogP contribution in [0.15, 0.2) is 54.6 Å². The van der Waals surface area contributed by atoms with Crippen molar-refractivity contribution in [1.82, 2.24) is 0 Å². The molecule has 0 unspecified atom stereocenters. The van der Waals surface area contributed by atoms with Gasteiger partial charge in [0.1, 0.15) is 5.82 Å². The number of rotatable bonds is 10. The highest BCUT2D eigenvalue weighted by molar-refractivity contribution is 5.91. The maximum absolute atomic E-state index is 15.0. The van der Waals surface area contributed by atoms with Crippen LogP contribution in [0.2, 0.25) is 0 Å². The Balaban J connectivity index is 1.84. The third-order valence-corrected chi connectivity index (χ3v) is 5.79. The largest absolute Gasteiger partial charge is 0.206 e. The molecule has 3 aromatic carbocycles. The molecule has 0 N–H and O–H groups in total. The topological polar surface area (TPSA) is 0 Å². The first-order valence-electron chi connectivity index (χ1n) is 11.4. The standard InChI is InChI=1S/C28H31F3/c1-3-5-7-9-20-11-14-22(15-12-20)26(29)28(31)25-18-16-23-19-21(10-8-6-4-2)13-17-24(23)27(25)30/h11-19H,3-10H2,1-2H3. The van der Waals surface area contributed by atoms with Crippen molar-refractivity contribution in [2.45, 2.75) is 65.2 Å². The van der Waals surface area contributed by atoms with Gasteiger partial charge in [-0.25, -0.2) is 13.2 Å². The lowest BCUT2D eigenvalue weighted by Crippen LogP contribution is -1.93. The molecule has 0 fully saturated rings. The fourth-order valence-corrected chi connectivity index (χ4v) is 3.89. The molecule has 0 heterocycles. The van der Waals surface area contributed by atoms with Gasteiger partial charge in [0.25, 0.3) is 0 Å². The van der Waals surface area contributed by atoms with Gasteiger partial charge in [-0.3, -0.25) is 0 Å².